The van der Waals surface area contributed by atoms with Crippen LogP contribution in [0.2, 0.25) is 5.15 Å². The number of methoxy groups -OCH3 is 1. The summed E-state index contributed by atoms with van der Waals surface area (Å²) in [5.74, 6) is 0.823. The molecule has 23 heavy (non-hydrogen) atoms. The summed E-state index contributed by atoms with van der Waals surface area (Å²) in [4.78, 5) is 8.40. The van der Waals surface area contributed by atoms with Gasteiger partial charge < -0.3 is 15.4 Å². The predicted octanol–water partition coefficient (Wildman–Crippen LogP) is 3.00. The highest BCUT2D eigenvalue weighted by molar-refractivity contribution is 6.29. The number of ether oxygens (including phenoxy) is 1. The highest BCUT2D eigenvalue weighted by Crippen LogP contribution is 2.40. The van der Waals surface area contributed by atoms with Gasteiger partial charge in [-0.05, 0) is 36.3 Å². The van der Waals surface area contributed by atoms with E-state index in [-0.39, 0.29) is 0 Å². The van der Waals surface area contributed by atoms with Gasteiger partial charge >= 0.3 is 0 Å². The number of nitrogens with zero attached hydrogens (tertiary/aromatic N) is 2. The van der Waals surface area contributed by atoms with Gasteiger partial charge in [0.25, 0.3) is 0 Å². The van der Waals surface area contributed by atoms with E-state index in [1.54, 1.807) is 26.4 Å². The first kappa shape index (κ1) is 18.0. The molecule has 1 aliphatic rings. The number of rotatable bonds is 7. The lowest BCUT2D eigenvalue weighted by molar-refractivity contribution is 0.138. The second-order valence-electron chi connectivity index (χ2n) is 6.22. The van der Waals surface area contributed by atoms with Crippen molar-refractivity contribution in [3.8, 4) is 0 Å². The third-order valence-electron chi connectivity index (χ3n) is 4.60. The Morgan fingerprint density at radius 2 is 2.13 bits per heavy atom. The van der Waals surface area contributed by atoms with E-state index >= 15 is 0 Å². The summed E-state index contributed by atoms with van der Waals surface area (Å²) < 4.78 is 5.29. The van der Waals surface area contributed by atoms with Crippen LogP contribution in [0.25, 0.3) is 0 Å². The summed E-state index contributed by atoms with van der Waals surface area (Å²) in [6.07, 6.45) is 8.04. The summed E-state index contributed by atoms with van der Waals surface area (Å²) in [5, 5.41) is 7.32. The molecule has 0 amide bonds. The highest BCUT2D eigenvalue weighted by atomic mass is 35.5. The van der Waals surface area contributed by atoms with E-state index in [2.05, 4.69) is 20.6 Å². The molecule has 0 unspecified atom stereocenters. The molecule has 1 fully saturated rings. The number of aromatic nitrogens is 1. The maximum atomic E-state index is 5.80. The summed E-state index contributed by atoms with van der Waals surface area (Å²) >= 11 is 5.80. The quantitative estimate of drug-likeness (QED) is 0.456. The fourth-order valence-electron chi connectivity index (χ4n) is 3.15. The van der Waals surface area contributed by atoms with Crippen molar-refractivity contribution in [3.05, 3.63) is 29.0 Å². The normalized spacial score (nSPS) is 17.3. The average molecular weight is 339 g/mol. The molecule has 0 saturated heterocycles. The monoisotopic (exact) mass is 338 g/mol. The molecule has 0 radical (unpaired) electrons. The van der Waals surface area contributed by atoms with Crippen LogP contribution in [0.15, 0.2) is 23.3 Å². The van der Waals surface area contributed by atoms with E-state index in [0.29, 0.717) is 17.1 Å². The lowest BCUT2D eigenvalue weighted by Gasteiger charge is -2.30. The predicted molar refractivity (Wildman–Crippen MR) is 94.8 cm³/mol. The van der Waals surface area contributed by atoms with Gasteiger partial charge in [0.2, 0.25) is 0 Å². The van der Waals surface area contributed by atoms with Crippen LogP contribution in [0.3, 0.4) is 0 Å². The highest BCUT2D eigenvalue weighted by Gasteiger charge is 2.33. The van der Waals surface area contributed by atoms with Gasteiger partial charge in [-0.25, -0.2) is 4.98 Å². The number of pyridine rings is 1. The molecule has 0 atom stereocenters. The molecule has 128 valence electrons. The van der Waals surface area contributed by atoms with E-state index < -0.39 is 0 Å². The van der Waals surface area contributed by atoms with Crippen LogP contribution in [0.4, 0.5) is 0 Å². The first-order valence-electron chi connectivity index (χ1n) is 8.21. The molecule has 1 aromatic rings. The zero-order valence-electron chi connectivity index (χ0n) is 14.1. The van der Waals surface area contributed by atoms with Crippen molar-refractivity contribution in [2.75, 3.05) is 27.3 Å². The van der Waals surface area contributed by atoms with Gasteiger partial charge in [0.1, 0.15) is 5.15 Å². The van der Waals surface area contributed by atoms with Crippen LogP contribution < -0.4 is 10.6 Å². The Kier molecular flexibility index (Phi) is 7.12. The lowest BCUT2D eigenvalue weighted by atomic mass is 9.83. The molecule has 2 rings (SSSR count). The van der Waals surface area contributed by atoms with Crippen molar-refractivity contribution in [1.82, 2.24) is 15.6 Å². The third-order valence-corrected chi connectivity index (χ3v) is 4.83. The van der Waals surface area contributed by atoms with Crippen LogP contribution in [0, 0.1) is 5.41 Å². The van der Waals surface area contributed by atoms with Crippen molar-refractivity contribution in [3.63, 3.8) is 0 Å². The molecule has 0 aliphatic heterocycles. The van der Waals surface area contributed by atoms with Gasteiger partial charge in [-0.3, -0.25) is 4.99 Å². The molecule has 5 nitrogen and oxygen atoms in total. The Hall–Kier alpha value is -1.33. The minimum atomic E-state index is 0.343. The SMILES string of the molecule is CN=C(NCc1ccc(Cl)nc1)NCC1(CCOC)CCCC1. The molecule has 6 heteroatoms. The zero-order valence-corrected chi connectivity index (χ0v) is 14.8. The molecule has 0 aromatic carbocycles. The molecular formula is C17H27ClN4O. The first-order chi connectivity index (χ1) is 11.2. The third kappa shape index (κ3) is 5.66. The van der Waals surface area contributed by atoms with Crippen LogP contribution in [-0.2, 0) is 11.3 Å². The summed E-state index contributed by atoms with van der Waals surface area (Å²) in [6, 6.07) is 3.76. The van der Waals surface area contributed by atoms with E-state index in [4.69, 9.17) is 16.3 Å². The molecular weight excluding hydrogens is 312 g/mol. The van der Waals surface area contributed by atoms with Gasteiger partial charge in [0, 0.05) is 40.1 Å². The maximum Gasteiger partial charge on any atom is 0.191 e. The second-order valence-corrected chi connectivity index (χ2v) is 6.61. The van der Waals surface area contributed by atoms with Crippen LogP contribution in [0.5, 0.6) is 0 Å². The number of hydrogen-bond acceptors (Lipinski definition) is 3. The average Bonchev–Trinajstić information content (AvgIpc) is 3.04. The van der Waals surface area contributed by atoms with Crippen molar-refractivity contribution in [2.45, 2.75) is 38.6 Å². The minimum absolute atomic E-state index is 0.343. The van der Waals surface area contributed by atoms with Crippen molar-refractivity contribution >= 4 is 17.6 Å². The Balaban J connectivity index is 1.82. The number of guanidine groups is 1. The Labute approximate surface area is 143 Å². The minimum Gasteiger partial charge on any atom is -0.385 e. The zero-order chi connectivity index (χ0) is 16.5. The van der Waals surface area contributed by atoms with Gasteiger partial charge in [-0.15, -0.1) is 0 Å². The van der Waals surface area contributed by atoms with Crippen molar-refractivity contribution in [1.29, 1.82) is 0 Å². The topological polar surface area (TPSA) is 58.5 Å². The van der Waals surface area contributed by atoms with Crippen LogP contribution in [-0.4, -0.2) is 38.3 Å². The fourth-order valence-corrected chi connectivity index (χ4v) is 3.26. The fraction of sp³-hybridized carbons (Fsp3) is 0.647. The summed E-state index contributed by atoms with van der Waals surface area (Å²) in [7, 11) is 3.57. The number of aliphatic imine (C=N–C) groups is 1. The number of nitrogens with one attached hydrogen (secondary N) is 2. The molecule has 2 N–H and O–H groups in total. The molecule has 0 bridgehead atoms. The Morgan fingerprint density at radius 1 is 1.35 bits per heavy atom. The number of halogens is 1. The molecule has 1 aromatic heterocycles. The van der Waals surface area contributed by atoms with Gasteiger partial charge in [0.15, 0.2) is 5.96 Å². The van der Waals surface area contributed by atoms with E-state index in [1.165, 1.54) is 25.7 Å². The van der Waals surface area contributed by atoms with E-state index in [9.17, 15) is 0 Å². The van der Waals surface area contributed by atoms with E-state index in [0.717, 1.165) is 31.1 Å². The molecule has 1 heterocycles. The van der Waals surface area contributed by atoms with Gasteiger partial charge in [-0.2, -0.15) is 0 Å². The summed E-state index contributed by atoms with van der Waals surface area (Å²) in [5.41, 5.74) is 1.42. The molecule has 1 saturated carbocycles. The van der Waals surface area contributed by atoms with Crippen LogP contribution in [0.1, 0.15) is 37.7 Å². The molecule has 0 spiro atoms. The second kappa shape index (κ2) is 9.08. The van der Waals surface area contributed by atoms with Crippen LogP contribution >= 0.6 is 11.6 Å². The lowest BCUT2D eigenvalue weighted by Crippen LogP contribution is -2.43. The smallest absolute Gasteiger partial charge is 0.191 e. The summed E-state index contributed by atoms with van der Waals surface area (Å²) in [6.45, 7) is 2.44. The van der Waals surface area contributed by atoms with Gasteiger partial charge in [-0.1, -0.05) is 30.5 Å². The Morgan fingerprint density at radius 3 is 2.74 bits per heavy atom. The van der Waals surface area contributed by atoms with E-state index in [1.807, 2.05) is 6.07 Å². The van der Waals surface area contributed by atoms with Crippen molar-refractivity contribution in [2.24, 2.45) is 10.4 Å². The molecule has 1 aliphatic carbocycles. The largest absolute Gasteiger partial charge is 0.385 e. The van der Waals surface area contributed by atoms with Crippen molar-refractivity contribution < 1.29 is 4.74 Å². The standard InChI is InChI=1S/C17H27ClN4O/c1-19-16(21-12-14-5-6-15(18)20-11-14)22-13-17(9-10-23-2)7-3-4-8-17/h5-6,11H,3-4,7-10,12-13H2,1-2H3,(H2,19,21,22). The number of hydrogen-bond donors (Lipinski definition) is 2. The Bertz CT molecular complexity index is 498. The van der Waals surface area contributed by atoms with Gasteiger partial charge in [0.05, 0.1) is 0 Å². The first-order valence-corrected chi connectivity index (χ1v) is 8.59. The maximum absolute atomic E-state index is 5.80.